The van der Waals surface area contributed by atoms with Crippen LogP contribution in [0.1, 0.15) is 75.7 Å². The number of nitrogens with two attached hydrogens (primary N) is 1. The quantitative estimate of drug-likeness (QED) is 0.283. The monoisotopic (exact) mass is 760 g/mol. The van der Waals surface area contributed by atoms with E-state index in [0.717, 1.165) is 32.5 Å². The molecule has 19 heteroatoms. The van der Waals surface area contributed by atoms with Gasteiger partial charge >= 0.3 is 36.4 Å². The summed E-state index contributed by atoms with van der Waals surface area (Å²) in [5.41, 5.74) is 4.53. The Morgan fingerprint density at radius 1 is 0.700 bits per heavy atom. The molecule has 3 aliphatic rings. The molecular formula is C31H59ClF6N6O6. The number of hydrogen-bond acceptors (Lipinski definition) is 8. The lowest BCUT2D eigenvalue weighted by Crippen LogP contribution is -2.40. The van der Waals surface area contributed by atoms with Gasteiger partial charge in [0.25, 0.3) is 0 Å². The molecule has 5 N–H and O–H groups in total. The van der Waals surface area contributed by atoms with E-state index in [1.54, 1.807) is 25.7 Å². The average Bonchev–Trinajstić information content (AvgIpc) is 3.70. The van der Waals surface area contributed by atoms with Gasteiger partial charge in [0.05, 0.1) is 0 Å². The van der Waals surface area contributed by atoms with Crippen molar-refractivity contribution in [2.45, 2.75) is 99.2 Å². The molecular weight excluding hydrogens is 702 g/mol. The van der Waals surface area contributed by atoms with Gasteiger partial charge in [0.1, 0.15) is 11.2 Å². The Morgan fingerprint density at radius 2 is 1.08 bits per heavy atom. The van der Waals surface area contributed by atoms with E-state index in [1.807, 2.05) is 31.4 Å². The van der Waals surface area contributed by atoms with Crippen molar-refractivity contribution in [1.82, 2.24) is 25.8 Å². The minimum atomic E-state index is -4.87. The van der Waals surface area contributed by atoms with Crippen LogP contribution in [0.5, 0.6) is 0 Å². The van der Waals surface area contributed by atoms with Crippen molar-refractivity contribution in [3.05, 3.63) is 0 Å². The van der Waals surface area contributed by atoms with Gasteiger partial charge in [-0.3, -0.25) is 9.59 Å². The Labute approximate surface area is 298 Å². The number of hydrogen-bond donors (Lipinski definition) is 4. The first kappa shape index (κ1) is 51.6. The molecule has 0 aromatic rings. The van der Waals surface area contributed by atoms with Gasteiger partial charge in [0.15, 0.2) is 0 Å². The molecule has 0 aliphatic carbocycles. The third kappa shape index (κ3) is 21.5. The highest BCUT2D eigenvalue weighted by Gasteiger charge is 2.40. The van der Waals surface area contributed by atoms with E-state index in [0.29, 0.717) is 32.0 Å². The highest BCUT2D eigenvalue weighted by molar-refractivity contribution is 5.85. The fraction of sp³-hybridized carbons (Fsp3) is 0.871. The van der Waals surface area contributed by atoms with Gasteiger partial charge in [-0.1, -0.05) is 14.9 Å². The van der Waals surface area contributed by atoms with Crippen LogP contribution < -0.4 is 21.7 Å². The third-order valence-electron chi connectivity index (χ3n) is 6.99. The van der Waals surface area contributed by atoms with Crippen molar-refractivity contribution in [2.75, 3.05) is 58.9 Å². The van der Waals surface area contributed by atoms with E-state index in [2.05, 4.69) is 5.32 Å². The Balaban J connectivity index is -0.000000661. The zero-order valence-corrected chi connectivity index (χ0v) is 29.1. The van der Waals surface area contributed by atoms with Crippen LogP contribution in [0.4, 0.5) is 35.9 Å². The zero-order valence-electron chi connectivity index (χ0n) is 28.3. The lowest BCUT2D eigenvalue weighted by atomic mass is 10.1. The summed E-state index contributed by atoms with van der Waals surface area (Å²) in [6.45, 7) is 15.2. The van der Waals surface area contributed by atoms with E-state index in [-0.39, 0.29) is 64.8 Å². The molecule has 12 nitrogen and oxygen atoms in total. The highest BCUT2D eigenvalue weighted by Crippen LogP contribution is 2.21. The van der Waals surface area contributed by atoms with E-state index in [1.165, 1.54) is 4.90 Å². The van der Waals surface area contributed by atoms with Crippen LogP contribution in [0.3, 0.4) is 0 Å². The largest absolute Gasteiger partial charge is 0.471 e. The molecule has 0 spiro atoms. The first-order valence-corrected chi connectivity index (χ1v) is 15.5. The number of nitrogens with one attached hydrogen (secondary N) is 3. The summed E-state index contributed by atoms with van der Waals surface area (Å²) in [4.78, 5) is 47.6. The minimum absolute atomic E-state index is 0. The molecule has 0 aromatic carbocycles. The molecule has 3 unspecified atom stereocenters. The van der Waals surface area contributed by atoms with Gasteiger partial charge < -0.3 is 41.0 Å². The third-order valence-corrected chi connectivity index (χ3v) is 6.99. The van der Waals surface area contributed by atoms with Crippen molar-refractivity contribution in [3.63, 3.8) is 0 Å². The lowest BCUT2D eigenvalue weighted by molar-refractivity contribution is -0.173. The van der Waals surface area contributed by atoms with Crippen LogP contribution in [0, 0.1) is 17.8 Å². The van der Waals surface area contributed by atoms with E-state index in [9.17, 15) is 45.5 Å². The molecule has 298 valence electrons. The fourth-order valence-electron chi connectivity index (χ4n) is 4.57. The van der Waals surface area contributed by atoms with Gasteiger partial charge in [-0.2, -0.15) is 26.3 Å². The van der Waals surface area contributed by atoms with Crippen molar-refractivity contribution >= 4 is 36.4 Å². The summed E-state index contributed by atoms with van der Waals surface area (Å²) in [7, 11) is 0. The number of amides is 4. The van der Waals surface area contributed by atoms with Crippen LogP contribution in [0.25, 0.3) is 0 Å². The van der Waals surface area contributed by atoms with Crippen molar-refractivity contribution in [3.8, 4) is 0 Å². The number of ether oxygens (including phenoxy) is 2. The van der Waals surface area contributed by atoms with Gasteiger partial charge in [0, 0.05) is 39.3 Å². The summed E-state index contributed by atoms with van der Waals surface area (Å²) in [5.74, 6) is -3.41. The number of rotatable bonds is 5. The maximum Gasteiger partial charge on any atom is 0.471 e. The van der Waals surface area contributed by atoms with Gasteiger partial charge in [0.2, 0.25) is 0 Å². The van der Waals surface area contributed by atoms with Crippen molar-refractivity contribution < 1.29 is 55.0 Å². The van der Waals surface area contributed by atoms with Crippen LogP contribution in [-0.2, 0) is 19.1 Å². The maximum absolute atomic E-state index is 12.0. The Kier molecular flexibility index (Phi) is 23.0. The number of carbonyl (C=O) groups excluding carboxylic acids is 4. The average molecular weight is 761 g/mol. The van der Waals surface area contributed by atoms with Gasteiger partial charge in [-0.05, 0) is 98.2 Å². The second-order valence-corrected chi connectivity index (χ2v) is 13.7. The van der Waals surface area contributed by atoms with E-state index < -0.39 is 41.5 Å². The number of carbonyl (C=O) groups is 4. The first-order valence-electron chi connectivity index (χ1n) is 15.5. The molecule has 3 fully saturated rings. The van der Waals surface area contributed by atoms with Crippen molar-refractivity contribution in [2.24, 2.45) is 23.5 Å². The Hall–Kier alpha value is -2.73. The molecule has 0 radical (unpaired) electrons. The predicted molar refractivity (Wildman–Crippen MR) is 181 cm³/mol. The Morgan fingerprint density at radius 3 is 1.40 bits per heavy atom. The topological polar surface area (TPSA) is 155 Å². The second-order valence-electron chi connectivity index (χ2n) is 13.7. The maximum atomic E-state index is 12.0. The molecule has 50 heavy (non-hydrogen) atoms. The molecule has 0 bridgehead atoms. The smallest absolute Gasteiger partial charge is 0.444 e. The van der Waals surface area contributed by atoms with Crippen LogP contribution in [-0.4, -0.2) is 116 Å². The van der Waals surface area contributed by atoms with Crippen molar-refractivity contribution in [1.29, 1.82) is 0 Å². The highest BCUT2D eigenvalue weighted by atomic mass is 35.5. The molecule has 3 rings (SSSR count). The molecule has 4 amide bonds. The molecule has 0 aromatic heterocycles. The van der Waals surface area contributed by atoms with E-state index >= 15 is 0 Å². The molecule has 0 saturated carbocycles. The van der Waals surface area contributed by atoms with Gasteiger partial charge in [-0.25, -0.2) is 9.59 Å². The SMILES string of the molecule is C.C.CC(C)(C)OC(=O)N1CCC(CN)C1.CC(C)(C)OC(=O)N1CCC(CNC(=O)C(F)(F)F)C1.Cl.O=C(NCC1CCNC1)C(F)(F)F. The van der Waals surface area contributed by atoms with Crippen LogP contribution in [0.2, 0.25) is 0 Å². The summed E-state index contributed by atoms with van der Waals surface area (Å²) >= 11 is 0. The van der Waals surface area contributed by atoms with Crippen LogP contribution in [0.15, 0.2) is 0 Å². The second kappa shape index (κ2) is 22.3. The molecule has 3 heterocycles. The lowest BCUT2D eigenvalue weighted by Gasteiger charge is -2.24. The van der Waals surface area contributed by atoms with Gasteiger partial charge in [-0.15, -0.1) is 12.4 Å². The minimum Gasteiger partial charge on any atom is -0.444 e. The summed E-state index contributed by atoms with van der Waals surface area (Å²) < 4.78 is 81.6. The summed E-state index contributed by atoms with van der Waals surface area (Å²) in [6.07, 6.45) is -7.98. The standard InChI is InChI=1S/C12H19F3N2O3.C10H20N2O2.C7H11F3N2O.2CH4.ClH/c1-11(2,3)20-10(19)17-5-4-8(7-17)6-16-9(18)12(13,14)15;1-10(2,3)14-9(13)12-5-4-8(6-11)7-12;8-7(9,10)6(13)12-4-5-1-2-11-3-5;;;/h8H,4-7H2,1-3H3,(H,16,18);8H,4-7,11H2,1-3H3;5,11H,1-4H2,(H,12,13);2*1H4;1H. The predicted octanol–water partition coefficient (Wildman–Crippen LogP) is 5.09. The zero-order chi connectivity index (χ0) is 36.2. The normalized spacial score (nSPS) is 20.3. The van der Waals surface area contributed by atoms with Crippen LogP contribution >= 0.6 is 12.4 Å². The molecule has 3 atom stereocenters. The summed E-state index contributed by atoms with van der Waals surface area (Å²) in [5, 5.41) is 6.69. The summed E-state index contributed by atoms with van der Waals surface area (Å²) in [6, 6.07) is 0. The number of nitrogens with zero attached hydrogens (tertiary/aromatic N) is 2. The number of halogens is 7. The molecule has 3 aliphatic heterocycles. The molecule has 3 saturated heterocycles. The fourth-order valence-corrected chi connectivity index (χ4v) is 4.57. The first-order chi connectivity index (χ1) is 21.4. The Bertz CT molecular complexity index is 1030. The van der Waals surface area contributed by atoms with E-state index in [4.69, 9.17) is 15.2 Å². The number of alkyl halides is 6. The number of likely N-dealkylation sites (tertiary alicyclic amines) is 2.